The Kier molecular flexibility index (Phi) is 7.36. The Morgan fingerprint density at radius 1 is 0.935 bits per heavy atom. The minimum absolute atomic E-state index is 0.229. The largest absolute Gasteiger partial charge is 0.493 e. The van der Waals surface area contributed by atoms with Crippen molar-refractivity contribution in [1.82, 2.24) is 15.8 Å². The predicted molar refractivity (Wildman–Crippen MR) is 120 cm³/mol. The summed E-state index contributed by atoms with van der Waals surface area (Å²) < 4.78 is 10.4. The first-order valence-electron chi connectivity index (χ1n) is 10.3. The van der Waals surface area contributed by atoms with E-state index in [2.05, 4.69) is 52.7 Å². The van der Waals surface area contributed by atoms with Crippen LogP contribution in [0.4, 0.5) is 5.69 Å². The maximum absolute atomic E-state index is 12.3. The summed E-state index contributed by atoms with van der Waals surface area (Å²) >= 11 is 0. The fraction of sp³-hybridized carbons (Fsp3) is 0.391. The van der Waals surface area contributed by atoms with E-state index in [-0.39, 0.29) is 12.5 Å². The van der Waals surface area contributed by atoms with Crippen LogP contribution >= 0.6 is 0 Å². The molecule has 2 N–H and O–H groups in total. The van der Waals surface area contributed by atoms with Crippen LogP contribution in [0.3, 0.4) is 0 Å². The highest BCUT2D eigenvalue weighted by Gasteiger charge is 2.21. The molecule has 1 aliphatic heterocycles. The number of anilines is 1. The lowest BCUT2D eigenvalue weighted by atomic mass is 10.1. The van der Waals surface area contributed by atoms with E-state index in [0.29, 0.717) is 17.1 Å². The molecule has 166 valence electrons. The summed E-state index contributed by atoms with van der Waals surface area (Å²) in [5.41, 5.74) is 9.14. The van der Waals surface area contributed by atoms with Crippen LogP contribution in [0.15, 0.2) is 36.4 Å². The molecule has 2 aromatic rings. The Morgan fingerprint density at radius 2 is 1.65 bits per heavy atom. The number of hydrazine groups is 1. The Bertz CT molecular complexity index is 939. The summed E-state index contributed by atoms with van der Waals surface area (Å²) in [6.45, 7) is 7.77. The minimum atomic E-state index is -0.422. The number of benzene rings is 2. The zero-order valence-electron chi connectivity index (χ0n) is 18.5. The van der Waals surface area contributed by atoms with E-state index in [1.165, 1.54) is 31.0 Å². The third-order valence-electron chi connectivity index (χ3n) is 5.62. The van der Waals surface area contributed by atoms with E-state index in [9.17, 15) is 9.59 Å². The third kappa shape index (κ3) is 5.46. The van der Waals surface area contributed by atoms with Crippen LogP contribution in [0.25, 0.3) is 0 Å². The highest BCUT2D eigenvalue weighted by molar-refractivity contribution is 5.96. The zero-order chi connectivity index (χ0) is 22.4. The van der Waals surface area contributed by atoms with Crippen molar-refractivity contribution < 1.29 is 19.1 Å². The number of methoxy groups -OCH3 is 2. The van der Waals surface area contributed by atoms with Crippen LogP contribution in [-0.4, -0.2) is 63.7 Å². The second-order valence-corrected chi connectivity index (χ2v) is 7.55. The number of piperazine rings is 1. The fourth-order valence-corrected chi connectivity index (χ4v) is 3.64. The van der Waals surface area contributed by atoms with Crippen LogP contribution in [0.1, 0.15) is 21.5 Å². The van der Waals surface area contributed by atoms with Gasteiger partial charge in [-0.15, -0.1) is 0 Å². The van der Waals surface area contributed by atoms with Gasteiger partial charge in [0, 0.05) is 37.4 Å². The number of carbonyl (C=O) groups excluding carboxylic acids is 2. The molecule has 1 saturated heterocycles. The molecule has 2 amide bonds. The van der Waals surface area contributed by atoms with Crippen molar-refractivity contribution in [2.75, 3.05) is 51.8 Å². The summed E-state index contributed by atoms with van der Waals surface area (Å²) in [5, 5.41) is 0. The SMILES string of the molecule is COc1ccc(C(=O)NNC(=O)CN2CCN(c3cccc(C)c3C)CC2)cc1OC. The van der Waals surface area contributed by atoms with Gasteiger partial charge in [-0.3, -0.25) is 25.3 Å². The molecule has 1 aliphatic rings. The van der Waals surface area contributed by atoms with E-state index >= 15 is 0 Å². The van der Waals surface area contributed by atoms with E-state index in [1.807, 2.05) is 0 Å². The molecule has 0 aliphatic carbocycles. The van der Waals surface area contributed by atoms with Gasteiger partial charge in [-0.05, 0) is 49.2 Å². The van der Waals surface area contributed by atoms with Gasteiger partial charge in [-0.1, -0.05) is 12.1 Å². The maximum atomic E-state index is 12.3. The first-order valence-corrected chi connectivity index (χ1v) is 10.3. The molecule has 0 atom stereocenters. The number of hydrogen-bond donors (Lipinski definition) is 2. The first kappa shape index (κ1) is 22.4. The van der Waals surface area contributed by atoms with Crippen molar-refractivity contribution in [3.8, 4) is 11.5 Å². The summed E-state index contributed by atoms with van der Waals surface area (Å²) in [6, 6.07) is 11.2. The number of amides is 2. The van der Waals surface area contributed by atoms with Crippen molar-refractivity contribution in [3.05, 3.63) is 53.1 Å². The quantitative estimate of drug-likeness (QED) is 0.687. The van der Waals surface area contributed by atoms with Crippen LogP contribution in [0, 0.1) is 13.8 Å². The average Bonchev–Trinajstić information content (AvgIpc) is 2.79. The van der Waals surface area contributed by atoms with Crippen molar-refractivity contribution in [2.24, 2.45) is 0 Å². The lowest BCUT2D eigenvalue weighted by Gasteiger charge is -2.36. The van der Waals surface area contributed by atoms with Gasteiger partial charge < -0.3 is 14.4 Å². The predicted octanol–water partition coefficient (Wildman–Crippen LogP) is 1.90. The molecule has 8 nitrogen and oxygen atoms in total. The van der Waals surface area contributed by atoms with E-state index in [1.54, 1.807) is 18.2 Å². The summed E-state index contributed by atoms with van der Waals surface area (Å²) in [4.78, 5) is 29.1. The highest BCUT2D eigenvalue weighted by atomic mass is 16.5. The monoisotopic (exact) mass is 426 g/mol. The van der Waals surface area contributed by atoms with Crippen LogP contribution < -0.4 is 25.2 Å². The molecule has 3 rings (SSSR count). The maximum Gasteiger partial charge on any atom is 0.269 e. The molecule has 2 aromatic carbocycles. The van der Waals surface area contributed by atoms with Gasteiger partial charge in [0.1, 0.15) is 0 Å². The zero-order valence-corrected chi connectivity index (χ0v) is 18.5. The highest BCUT2D eigenvalue weighted by Crippen LogP contribution is 2.27. The van der Waals surface area contributed by atoms with Crippen LogP contribution in [0.5, 0.6) is 11.5 Å². The Hall–Kier alpha value is -3.26. The number of rotatable bonds is 6. The Labute approximate surface area is 183 Å². The van der Waals surface area contributed by atoms with Gasteiger partial charge in [0.2, 0.25) is 0 Å². The molecular formula is C23H30N4O4. The Balaban J connectivity index is 1.46. The molecule has 0 saturated carbocycles. The molecule has 0 aromatic heterocycles. The molecule has 0 spiro atoms. The van der Waals surface area contributed by atoms with Gasteiger partial charge in [-0.25, -0.2) is 0 Å². The minimum Gasteiger partial charge on any atom is -0.493 e. The summed E-state index contributed by atoms with van der Waals surface area (Å²) in [5.74, 6) is 0.300. The van der Waals surface area contributed by atoms with Gasteiger partial charge >= 0.3 is 0 Å². The molecule has 0 unspecified atom stereocenters. The number of aryl methyl sites for hydroxylation is 1. The summed E-state index contributed by atoms with van der Waals surface area (Å²) in [6.07, 6.45) is 0. The Morgan fingerprint density at radius 3 is 2.32 bits per heavy atom. The van der Waals surface area contributed by atoms with Gasteiger partial charge in [0.25, 0.3) is 11.8 Å². The van der Waals surface area contributed by atoms with Crippen molar-refractivity contribution in [2.45, 2.75) is 13.8 Å². The number of carbonyl (C=O) groups is 2. The number of nitrogens with zero attached hydrogens (tertiary/aromatic N) is 2. The van der Waals surface area contributed by atoms with Crippen LogP contribution in [0.2, 0.25) is 0 Å². The fourth-order valence-electron chi connectivity index (χ4n) is 3.64. The molecule has 1 heterocycles. The third-order valence-corrected chi connectivity index (χ3v) is 5.62. The van der Waals surface area contributed by atoms with E-state index in [0.717, 1.165) is 26.2 Å². The van der Waals surface area contributed by atoms with Crippen LogP contribution in [-0.2, 0) is 4.79 Å². The van der Waals surface area contributed by atoms with Crippen molar-refractivity contribution in [1.29, 1.82) is 0 Å². The van der Waals surface area contributed by atoms with E-state index in [4.69, 9.17) is 9.47 Å². The first-order chi connectivity index (χ1) is 14.9. The molecule has 0 radical (unpaired) electrons. The molecular weight excluding hydrogens is 396 g/mol. The molecule has 31 heavy (non-hydrogen) atoms. The van der Waals surface area contributed by atoms with Crippen molar-refractivity contribution in [3.63, 3.8) is 0 Å². The molecule has 1 fully saturated rings. The summed E-state index contributed by atoms with van der Waals surface area (Å²) in [7, 11) is 3.03. The second-order valence-electron chi connectivity index (χ2n) is 7.55. The lowest BCUT2D eigenvalue weighted by molar-refractivity contribution is -0.123. The topological polar surface area (TPSA) is 83.1 Å². The molecule has 8 heteroatoms. The average molecular weight is 427 g/mol. The number of hydrogen-bond acceptors (Lipinski definition) is 6. The van der Waals surface area contributed by atoms with Crippen molar-refractivity contribution >= 4 is 17.5 Å². The smallest absolute Gasteiger partial charge is 0.269 e. The number of nitrogens with one attached hydrogen (secondary N) is 2. The van der Waals surface area contributed by atoms with Gasteiger partial charge in [0.05, 0.1) is 20.8 Å². The lowest BCUT2D eigenvalue weighted by Crippen LogP contribution is -2.52. The van der Waals surface area contributed by atoms with Gasteiger partial charge in [-0.2, -0.15) is 0 Å². The number of ether oxygens (including phenoxy) is 2. The standard InChI is InChI=1S/C23H30N4O4/c1-16-6-5-7-19(17(16)2)27-12-10-26(11-13-27)15-22(28)24-25-23(29)18-8-9-20(30-3)21(14-18)31-4/h5-9,14H,10-13,15H2,1-4H3,(H,24,28)(H,25,29). The van der Waals surface area contributed by atoms with Gasteiger partial charge in [0.15, 0.2) is 11.5 Å². The molecule has 0 bridgehead atoms. The normalized spacial score (nSPS) is 14.1. The second kappa shape index (κ2) is 10.2. The van der Waals surface area contributed by atoms with E-state index < -0.39 is 5.91 Å².